The number of aromatic nitrogens is 5. The number of aromatic amines is 1. The lowest BCUT2D eigenvalue weighted by atomic mass is 10.1. The van der Waals surface area contributed by atoms with Crippen molar-refractivity contribution in [3.8, 4) is 0 Å². The summed E-state index contributed by atoms with van der Waals surface area (Å²) in [5.74, 6) is 0.560. The molecule has 2 N–H and O–H groups in total. The van der Waals surface area contributed by atoms with Crippen LogP contribution in [0.1, 0.15) is 15.9 Å². The van der Waals surface area contributed by atoms with Crippen LogP contribution >= 0.6 is 11.8 Å². The van der Waals surface area contributed by atoms with Gasteiger partial charge in [-0.1, -0.05) is 18.2 Å². The lowest BCUT2D eigenvalue weighted by Gasteiger charge is -2.08. The molecule has 0 atom stereocenters. The summed E-state index contributed by atoms with van der Waals surface area (Å²) in [6, 6.07) is 17.1. The van der Waals surface area contributed by atoms with E-state index in [4.69, 9.17) is 0 Å². The summed E-state index contributed by atoms with van der Waals surface area (Å²) in [6.07, 6.45) is 5.00. The molecule has 5 rings (SSSR count). The zero-order chi connectivity index (χ0) is 20.3. The minimum atomic E-state index is -0.151. The molecule has 3 aromatic heterocycles. The van der Waals surface area contributed by atoms with Gasteiger partial charge >= 0.3 is 0 Å². The third-order valence-corrected chi connectivity index (χ3v) is 5.71. The molecule has 0 fully saturated rings. The van der Waals surface area contributed by atoms with E-state index in [9.17, 15) is 4.79 Å². The highest BCUT2D eigenvalue weighted by atomic mass is 32.2. The summed E-state index contributed by atoms with van der Waals surface area (Å²) >= 11 is 1.60. The Bertz CT molecular complexity index is 1370. The van der Waals surface area contributed by atoms with Crippen LogP contribution in [-0.2, 0) is 5.75 Å². The van der Waals surface area contributed by atoms with Crippen LogP contribution in [0.4, 0.5) is 5.69 Å². The number of carbonyl (C=O) groups is 1. The first-order valence-electron chi connectivity index (χ1n) is 9.28. The van der Waals surface area contributed by atoms with Gasteiger partial charge in [-0.25, -0.2) is 9.97 Å². The average Bonchev–Trinajstić information content (AvgIpc) is 3.27. The third kappa shape index (κ3) is 3.72. The van der Waals surface area contributed by atoms with Crippen LogP contribution in [0.5, 0.6) is 0 Å². The highest BCUT2D eigenvalue weighted by molar-refractivity contribution is 7.98. The van der Waals surface area contributed by atoms with Gasteiger partial charge in [0.1, 0.15) is 11.4 Å². The first kappa shape index (κ1) is 18.3. The van der Waals surface area contributed by atoms with Gasteiger partial charge < -0.3 is 5.32 Å². The van der Waals surface area contributed by atoms with Gasteiger partial charge in [0.05, 0.1) is 17.1 Å². The van der Waals surface area contributed by atoms with Crippen molar-refractivity contribution >= 4 is 45.3 Å². The third-order valence-electron chi connectivity index (χ3n) is 4.64. The quantitative estimate of drug-likeness (QED) is 0.327. The molecule has 2 aromatic carbocycles. The second kappa shape index (κ2) is 7.92. The Labute approximate surface area is 176 Å². The molecule has 5 aromatic rings. The van der Waals surface area contributed by atoms with Gasteiger partial charge in [-0.3, -0.25) is 14.9 Å². The predicted octanol–water partition coefficient (Wildman–Crippen LogP) is 4.45. The summed E-state index contributed by atoms with van der Waals surface area (Å²) in [7, 11) is 0. The Kier molecular flexibility index (Phi) is 4.82. The van der Waals surface area contributed by atoms with E-state index in [0.717, 1.165) is 38.2 Å². The lowest BCUT2D eigenvalue weighted by Crippen LogP contribution is -2.11. The fourth-order valence-corrected chi connectivity index (χ4v) is 4.08. The molecule has 7 nitrogen and oxygen atoms in total. The van der Waals surface area contributed by atoms with E-state index < -0.39 is 0 Å². The Morgan fingerprint density at radius 3 is 2.97 bits per heavy atom. The van der Waals surface area contributed by atoms with Crippen molar-refractivity contribution in [3.05, 3.63) is 84.4 Å². The van der Waals surface area contributed by atoms with Crippen molar-refractivity contribution in [2.75, 3.05) is 5.32 Å². The molecule has 0 bridgehead atoms. The van der Waals surface area contributed by atoms with Gasteiger partial charge in [0, 0.05) is 28.6 Å². The molecule has 0 unspecified atom stereocenters. The number of nitrogens with zero attached hydrogens (tertiary/aromatic N) is 4. The van der Waals surface area contributed by atoms with E-state index in [1.54, 1.807) is 30.2 Å². The topological polar surface area (TPSA) is 96.5 Å². The molecular formula is C22H16N6OS. The second-order valence-corrected chi connectivity index (χ2v) is 7.63. The lowest BCUT2D eigenvalue weighted by molar-refractivity contribution is 0.102. The number of amides is 1. The van der Waals surface area contributed by atoms with Crippen molar-refractivity contribution in [3.63, 3.8) is 0 Å². The maximum atomic E-state index is 12.7. The maximum absolute atomic E-state index is 12.7. The number of nitrogens with one attached hydrogen (secondary N) is 2. The van der Waals surface area contributed by atoms with E-state index in [-0.39, 0.29) is 5.91 Å². The SMILES string of the molecule is O=C(Nc1cccc(CSc2ncnc3[nH]ncc23)c1)c1ccc2ncccc2c1. The van der Waals surface area contributed by atoms with Crippen LogP contribution in [0.25, 0.3) is 21.9 Å². The van der Waals surface area contributed by atoms with Crippen LogP contribution in [0.2, 0.25) is 0 Å². The molecule has 1 amide bonds. The van der Waals surface area contributed by atoms with Gasteiger partial charge in [0.15, 0.2) is 5.65 Å². The number of H-pyrrole nitrogens is 1. The van der Waals surface area contributed by atoms with Gasteiger partial charge in [-0.15, -0.1) is 11.8 Å². The molecule has 0 saturated carbocycles. The highest BCUT2D eigenvalue weighted by Crippen LogP contribution is 2.27. The van der Waals surface area contributed by atoms with Crippen LogP contribution in [0, 0.1) is 0 Å². The van der Waals surface area contributed by atoms with Crippen molar-refractivity contribution < 1.29 is 4.79 Å². The van der Waals surface area contributed by atoms with Crippen LogP contribution in [0.3, 0.4) is 0 Å². The number of rotatable bonds is 5. The monoisotopic (exact) mass is 412 g/mol. The summed E-state index contributed by atoms with van der Waals surface area (Å²) < 4.78 is 0. The largest absolute Gasteiger partial charge is 0.322 e. The smallest absolute Gasteiger partial charge is 0.255 e. The van der Waals surface area contributed by atoms with Crippen LogP contribution in [-0.4, -0.2) is 31.1 Å². The summed E-state index contributed by atoms with van der Waals surface area (Å²) in [5.41, 5.74) is 4.01. The second-order valence-electron chi connectivity index (χ2n) is 6.67. The Morgan fingerprint density at radius 2 is 2.00 bits per heavy atom. The van der Waals surface area contributed by atoms with Crippen molar-refractivity contribution in [1.29, 1.82) is 0 Å². The number of benzene rings is 2. The minimum Gasteiger partial charge on any atom is -0.322 e. The first-order valence-corrected chi connectivity index (χ1v) is 10.3. The van der Waals surface area contributed by atoms with E-state index in [1.807, 2.05) is 48.5 Å². The van der Waals surface area contributed by atoms with Gasteiger partial charge in [-0.05, 0) is 42.0 Å². The molecule has 0 aliphatic rings. The maximum Gasteiger partial charge on any atom is 0.255 e. The van der Waals surface area contributed by atoms with E-state index in [0.29, 0.717) is 11.3 Å². The molecule has 0 radical (unpaired) electrons. The van der Waals surface area contributed by atoms with Gasteiger partial charge in [0.2, 0.25) is 0 Å². The zero-order valence-electron chi connectivity index (χ0n) is 15.7. The molecule has 0 spiro atoms. The summed E-state index contributed by atoms with van der Waals surface area (Å²) in [6.45, 7) is 0. The normalized spacial score (nSPS) is 11.1. The molecule has 8 heteroatoms. The zero-order valence-corrected chi connectivity index (χ0v) is 16.6. The van der Waals surface area contributed by atoms with E-state index >= 15 is 0 Å². The minimum absolute atomic E-state index is 0.151. The molecule has 30 heavy (non-hydrogen) atoms. The standard InChI is InChI=1S/C22H16N6OS/c29-21(16-6-7-19-15(10-16)4-2-8-23-19)27-17-5-1-3-14(9-17)12-30-22-18-11-26-28-20(18)24-13-25-22/h1-11,13H,12H2,(H,27,29)(H,24,25,26,28). The summed E-state index contributed by atoms with van der Waals surface area (Å²) in [5, 5.41) is 12.6. The van der Waals surface area contributed by atoms with Crippen LogP contribution in [0.15, 0.2) is 78.3 Å². The Balaban J connectivity index is 1.30. The van der Waals surface area contributed by atoms with Crippen molar-refractivity contribution in [2.45, 2.75) is 10.8 Å². The fourth-order valence-electron chi connectivity index (χ4n) is 3.17. The predicted molar refractivity (Wildman–Crippen MR) is 117 cm³/mol. The Morgan fingerprint density at radius 1 is 1.03 bits per heavy atom. The van der Waals surface area contributed by atoms with Crippen LogP contribution < -0.4 is 5.32 Å². The molecule has 146 valence electrons. The average molecular weight is 412 g/mol. The number of fused-ring (bicyclic) bond motifs is 2. The van der Waals surface area contributed by atoms with Crippen molar-refractivity contribution in [1.82, 2.24) is 25.1 Å². The number of hydrogen-bond acceptors (Lipinski definition) is 6. The molecule has 0 aliphatic carbocycles. The molecular weight excluding hydrogens is 396 g/mol. The molecule has 0 aliphatic heterocycles. The van der Waals surface area contributed by atoms with Gasteiger partial charge in [-0.2, -0.15) is 5.10 Å². The number of carbonyl (C=O) groups excluding carboxylic acids is 1. The van der Waals surface area contributed by atoms with Gasteiger partial charge in [0.25, 0.3) is 5.91 Å². The van der Waals surface area contributed by atoms with Crippen molar-refractivity contribution in [2.24, 2.45) is 0 Å². The first-order chi connectivity index (χ1) is 14.8. The Hall–Kier alpha value is -3.78. The van der Waals surface area contributed by atoms with E-state index in [1.165, 1.54) is 6.33 Å². The molecule has 0 saturated heterocycles. The number of hydrogen-bond donors (Lipinski definition) is 2. The number of thioether (sulfide) groups is 1. The number of anilines is 1. The highest BCUT2D eigenvalue weighted by Gasteiger charge is 2.09. The van der Waals surface area contributed by atoms with E-state index in [2.05, 4.69) is 30.5 Å². The fraction of sp³-hybridized carbons (Fsp3) is 0.0455. The molecule has 3 heterocycles. The summed E-state index contributed by atoms with van der Waals surface area (Å²) in [4.78, 5) is 25.5. The number of pyridine rings is 1.